The van der Waals surface area contributed by atoms with Crippen molar-refractivity contribution in [3.05, 3.63) is 106 Å². The molecule has 4 heteroatoms. The molecule has 1 aliphatic heterocycles. The summed E-state index contributed by atoms with van der Waals surface area (Å²) in [5, 5.41) is 0.713. The summed E-state index contributed by atoms with van der Waals surface area (Å²) in [7, 11) is 0. The summed E-state index contributed by atoms with van der Waals surface area (Å²) in [4.78, 5) is 18.3. The minimum atomic E-state index is 0.0599. The number of halogens is 1. The van der Waals surface area contributed by atoms with Crippen molar-refractivity contribution in [3.63, 3.8) is 0 Å². The molecule has 1 heterocycles. The molecule has 1 amide bonds. The monoisotopic (exact) mass is 474 g/mol. The second kappa shape index (κ2) is 10.8. The molecule has 1 aliphatic rings. The quantitative estimate of drug-likeness (QED) is 0.386. The lowest BCUT2D eigenvalue weighted by Crippen LogP contribution is -2.47. The molecule has 3 aromatic carbocycles. The van der Waals surface area contributed by atoms with Crippen LogP contribution >= 0.6 is 11.6 Å². The van der Waals surface area contributed by atoms with E-state index in [9.17, 15) is 4.79 Å². The van der Waals surface area contributed by atoms with Gasteiger partial charge in [0.15, 0.2) is 0 Å². The minimum Gasteiger partial charge on any atom is -0.331 e. The van der Waals surface area contributed by atoms with Crippen molar-refractivity contribution < 1.29 is 4.79 Å². The number of hydrogen-bond acceptors (Lipinski definition) is 2. The third-order valence-corrected chi connectivity index (χ3v) is 7.17. The number of amides is 1. The molecule has 0 aliphatic carbocycles. The van der Waals surface area contributed by atoms with E-state index >= 15 is 0 Å². The molecule has 3 aromatic rings. The van der Waals surface area contributed by atoms with Gasteiger partial charge in [-0.3, -0.25) is 9.69 Å². The Balaban J connectivity index is 1.51. The summed E-state index contributed by atoms with van der Waals surface area (Å²) in [6.07, 6.45) is 1.92. The average Bonchev–Trinajstić information content (AvgIpc) is 2.84. The van der Waals surface area contributed by atoms with Crippen molar-refractivity contribution in [3.8, 4) is 0 Å². The van der Waals surface area contributed by atoms with Gasteiger partial charge in [-0.15, -0.1) is 0 Å². The Labute approximate surface area is 209 Å². The first-order valence-corrected chi connectivity index (χ1v) is 12.6. The Kier molecular flexibility index (Phi) is 7.75. The fraction of sp³-hybridized carbons (Fsp3) is 0.367. The zero-order valence-electron chi connectivity index (χ0n) is 20.5. The molecule has 0 unspecified atom stereocenters. The Bertz CT molecular complexity index is 1080. The number of hydrogen-bond donors (Lipinski definition) is 0. The third-order valence-electron chi connectivity index (χ3n) is 6.80. The molecule has 178 valence electrons. The van der Waals surface area contributed by atoms with Gasteiger partial charge in [-0.05, 0) is 53.1 Å². The maximum atomic E-state index is 13.8. The molecular weight excluding hydrogens is 440 g/mol. The fourth-order valence-corrected chi connectivity index (χ4v) is 4.88. The number of carbonyl (C=O) groups is 1. The van der Waals surface area contributed by atoms with Gasteiger partial charge in [0.1, 0.15) is 0 Å². The lowest BCUT2D eigenvalue weighted by molar-refractivity contribution is 0.0543. The van der Waals surface area contributed by atoms with E-state index in [1.165, 1.54) is 11.1 Å². The molecule has 1 saturated heterocycles. The number of carbonyl (C=O) groups excluding carboxylic acids is 1. The summed E-state index contributed by atoms with van der Waals surface area (Å²) < 4.78 is 0. The van der Waals surface area contributed by atoms with Gasteiger partial charge in [0.2, 0.25) is 0 Å². The van der Waals surface area contributed by atoms with E-state index in [0.29, 0.717) is 11.6 Å². The lowest BCUT2D eigenvalue weighted by atomic mass is 9.86. The number of likely N-dealkylation sites (tertiary alicyclic amines) is 1. The van der Waals surface area contributed by atoms with E-state index in [4.69, 9.17) is 11.6 Å². The normalized spacial score (nSPS) is 15.3. The fourth-order valence-electron chi connectivity index (χ4n) is 4.69. The molecule has 34 heavy (non-hydrogen) atoms. The van der Waals surface area contributed by atoms with Crippen LogP contribution in [0.4, 0.5) is 0 Å². The summed E-state index contributed by atoms with van der Waals surface area (Å²) in [6.45, 7) is 10.0. The maximum Gasteiger partial charge on any atom is 0.254 e. The zero-order chi connectivity index (χ0) is 24.1. The number of nitrogens with zero attached hydrogens (tertiary/aromatic N) is 2. The van der Waals surface area contributed by atoms with Gasteiger partial charge in [0.05, 0.1) is 0 Å². The van der Waals surface area contributed by atoms with Crippen LogP contribution in [-0.4, -0.2) is 34.8 Å². The highest BCUT2D eigenvalue weighted by Crippen LogP contribution is 2.27. The van der Waals surface area contributed by atoms with Gasteiger partial charge in [0, 0.05) is 42.8 Å². The molecule has 0 aromatic heterocycles. The van der Waals surface area contributed by atoms with Crippen molar-refractivity contribution in [2.45, 2.75) is 58.2 Å². The molecule has 0 radical (unpaired) electrons. The van der Waals surface area contributed by atoms with Crippen molar-refractivity contribution in [1.82, 2.24) is 9.80 Å². The summed E-state index contributed by atoms with van der Waals surface area (Å²) in [5.74, 6) is 0.0851. The molecule has 0 bridgehead atoms. The highest BCUT2D eigenvalue weighted by Gasteiger charge is 2.29. The smallest absolute Gasteiger partial charge is 0.254 e. The Hall–Kier alpha value is -2.62. The van der Waals surface area contributed by atoms with Crippen LogP contribution in [0, 0.1) is 0 Å². The highest BCUT2D eigenvalue weighted by atomic mass is 35.5. The standard InChI is InChI=1S/C30H35ClN2O/c1-30(2,3)26-15-13-24(14-16-26)29(34)33(22-25-11-7-8-12-28(25)31)27-17-19-32(20-18-27)21-23-9-5-4-6-10-23/h4-16,27H,17-22H2,1-3H3. The third kappa shape index (κ3) is 6.08. The van der Waals surface area contributed by atoms with Crippen LogP contribution in [0.15, 0.2) is 78.9 Å². The highest BCUT2D eigenvalue weighted by molar-refractivity contribution is 6.31. The van der Waals surface area contributed by atoms with E-state index < -0.39 is 0 Å². The average molecular weight is 475 g/mol. The van der Waals surface area contributed by atoms with Gasteiger partial charge >= 0.3 is 0 Å². The van der Waals surface area contributed by atoms with Gasteiger partial charge < -0.3 is 4.90 Å². The van der Waals surface area contributed by atoms with Gasteiger partial charge in [-0.25, -0.2) is 0 Å². The number of rotatable bonds is 6. The second-order valence-electron chi connectivity index (χ2n) is 10.3. The van der Waals surface area contributed by atoms with Crippen LogP contribution in [0.3, 0.4) is 0 Å². The molecular formula is C30H35ClN2O. The second-order valence-corrected chi connectivity index (χ2v) is 10.8. The Morgan fingerprint density at radius 3 is 2.15 bits per heavy atom. The molecule has 0 atom stereocenters. The van der Waals surface area contributed by atoms with E-state index in [0.717, 1.165) is 43.6 Å². The maximum absolute atomic E-state index is 13.8. The van der Waals surface area contributed by atoms with E-state index in [-0.39, 0.29) is 17.4 Å². The van der Waals surface area contributed by atoms with Crippen LogP contribution < -0.4 is 0 Å². The first-order valence-electron chi connectivity index (χ1n) is 12.2. The van der Waals surface area contributed by atoms with Gasteiger partial charge in [-0.1, -0.05) is 93.0 Å². The molecule has 0 N–H and O–H groups in total. The zero-order valence-corrected chi connectivity index (χ0v) is 21.3. The van der Waals surface area contributed by atoms with Crippen LogP contribution in [0.5, 0.6) is 0 Å². The van der Waals surface area contributed by atoms with Crippen LogP contribution in [0.25, 0.3) is 0 Å². The molecule has 4 rings (SSSR count). The van der Waals surface area contributed by atoms with Crippen molar-refractivity contribution in [2.75, 3.05) is 13.1 Å². The first kappa shape index (κ1) is 24.5. The van der Waals surface area contributed by atoms with Crippen molar-refractivity contribution >= 4 is 17.5 Å². The van der Waals surface area contributed by atoms with Gasteiger partial charge in [-0.2, -0.15) is 0 Å². The summed E-state index contributed by atoms with van der Waals surface area (Å²) >= 11 is 6.50. The van der Waals surface area contributed by atoms with E-state index in [2.05, 4.69) is 68.1 Å². The largest absolute Gasteiger partial charge is 0.331 e. The summed E-state index contributed by atoms with van der Waals surface area (Å²) in [5.41, 5.74) is 4.37. The topological polar surface area (TPSA) is 23.6 Å². The molecule has 3 nitrogen and oxygen atoms in total. The predicted octanol–water partition coefficient (Wildman–Crippen LogP) is 6.94. The summed E-state index contributed by atoms with van der Waals surface area (Å²) in [6, 6.07) is 26.8. The predicted molar refractivity (Wildman–Crippen MR) is 141 cm³/mol. The van der Waals surface area contributed by atoms with E-state index in [1.54, 1.807) is 0 Å². The molecule has 0 saturated carbocycles. The Morgan fingerprint density at radius 2 is 1.53 bits per heavy atom. The van der Waals surface area contributed by atoms with Crippen molar-refractivity contribution in [1.29, 1.82) is 0 Å². The first-order chi connectivity index (χ1) is 16.3. The minimum absolute atomic E-state index is 0.0599. The van der Waals surface area contributed by atoms with Crippen molar-refractivity contribution in [2.24, 2.45) is 0 Å². The number of benzene rings is 3. The van der Waals surface area contributed by atoms with Crippen LogP contribution in [-0.2, 0) is 18.5 Å². The van der Waals surface area contributed by atoms with Crippen LogP contribution in [0.1, 0.15) is 60.7 Å². The molecule has 1 fully saturated rings. The van der Waals surface area contributed by atoms with E-state index in [1.807, 2.05) is 41.3 Å². The lowest BCUT2D eigenvalue weighted by Gasteiger charge is -2.39. The molecule has 0 spiro atoms. The van der Waals surface area contributed by atoms with Gasteiger partial charge in [0.25, 0.3) is 5.91 Å². The Morgan fingerprint density at radius 1 is 0.912 bits per heavy atom. The number of piperidine rings is 1. The SMILES string of the molecule is CC(C)(C)c1ccc(C(=O)N(Cc2ccccc2Cl)C2CCN(Cc3ccccc3)CC2)cc1. The van der Waals surface area contributed by atoms with Crippen LogP contribution in [0.2, 0.25) is 5.02 Å².